The van der Waals surface area contributed by atoms with E-state index in [9.17, 15) is 9.59 Å². The standard InChI is InChI=1S/C11H9ClN2O3/c1-6-2-3-9(7(12)4-6)14-10(15)5-8(13-14)11(16)17/h2-4H,5H2,1H3,(H,16,17). The molecule has 0 fully saturated rings. The minimum Gasteiger partial charge on any atom is -0.477 e. The number of nitrogens with zero attached hydrogens (tertiary/aromatic N) is 2. The summed E-state index contributed by atoms with van der Waals surface area (Å²) in [5.74, 6) is -1.59. The molecule has 0 radical (unpaired) electrons. The molecule has 1 aliphatic rings. The van der Waals surface area contributed by atoms with Crippen LogP contribution < -0.4 is 5.01 Å². The topological polar surface area (TPSA) is 70.0 Å². The number of carbonyl (C=O) groups excluding carboxylic acids is 1. The number of carboxylic acid groups (broad SMARTS) is 1. The van der Waals surface area contributed by atoms with Crippen LogP contribution in [-0.2, 0) is 9.59 Å². The Morgan fingerprint density at radius 1 is 1.53 bits per heavy atom. The first-order valence-electron chi connectivity index (χ1n) is 4.89. The van der Waals surface area contributed by atoms with Crippen molar-refractivity contribution in [3.63, 3.8) is 0 Å². The molecule has 6 heteroatoms. The lowest BCUT2D eigenvalue weighted by Gasteiger charge is -2.13. The van der Waals surface area contributed by atoms with Gasteiger partial charge in [0.1, 0.15) is 0 Å². The molecule has 1 aromatic carbocycles. The van der Waals surface area contributed by atoms with Crippen molar-refractivity contribution in [2.24, 2.45) is 5.10 Å². The van der Waals surface area contributed by atoms with Crippen molar-refractivity contribution in [2.45, 2.75) is 13.3 Å². The quantitative estimate of drug-likeness (QED) is 0.873. The van der Waals surface area contributed by atoms with Crippen molar-refractivity contribution in [2.75, 3.05) is 5.01 Å². The van der Waals surface area contributed by atoms with Gasteiger partial charge in [0.05, 0.1) is 17.1 Å². The summed E-state index contributed by atoms with van der Waals surface area (Å²) in [4.78, 5) is 22.3. The number of anilines is 1. The number of hydrogen-bond acceptors (Lipinski definition) is 3. The molecule has 1 amide bonds. The number of halogens is 1. The highest BCUT2D eigenvalue weighted by molar-refractivity contribution is 6.42. The maximum absolute atomic E-state index is 11.6. The fourth-order valence-corrected chi connectivity index (χ4v) is 1.84. The normalized spacial score (nSPS) is 15.1. The molecule has 0 saturated carbocycles. The van der Waals surface area contributed by atoms with E-state index in [1.54, 1.807) is 18.2 Å². The van der Waals surface area contributed by atoms with Crippen molar-refractivity contribution in [1.29, 1.82) is 0 Å². The Hall–Kier alpha value is -1.88. The Morgan fingerprint density at radius 3 is 2.76 bits per heavy atom. The number of carboxylic acids is 1. The van der Waals surface area contributed by atoms with Gasteiger partial charge in [-0.25, -0.2) is 4.79 Å². The lowest BCUT2D eigenvalue weighted by molar-refractivity contribution is -0.129. The van der Waals surface area contributed by atoms with E-state index in [4.69, 9.17) is 16.7 Å². The average Bonchev–Trinajstić information content (AvgIpc) is 2.61. The zero-order valence-corrected chi connectivity index (χ0v) is 9.73. The number of rotatable bonds is 2. The van der Waals surface area contributed by atoms with Gasteiger partial charge in [-0.3, -0.25) is 4.79 Å². The van der Waals surface area contributed by atoms with Crippen molar-refractivity contribution in [1.82, 2.24) is 0 Å². The van der Waals surface area contributed by atoms with Crippen LogP contribution in [0.2, 0.25) is 5.02 Å². The van der Waals surface area contributed by atoms with Crippen LogP contribution in [0.1, 0.15) is 12.0 Å². The molecule has 0 saturated heterocycles. The van der Waals surface area contributed by atoms with E-state index in [1.165, 1.54) is 0 Å². The van der Waals surface area contributed by atoms with Crippen LogP contribution in [-0.4, -0.2) is 22.7 Å². The molecule has 1 aliphatic heterocycles. The molecule has 2 rings (SSSR count). The summed E-state index contributed by atoms with van der Waals surface area (Å²) in [7, 11) is 0. The Labute approximate surface area is 102 Å². The second-order valence-electron chi connectivity index (χ2n) is 3.69. The highest BCUT2D eigenvalue weighted by atomic mass is 35.5. The molecule has 0 bridgehead atoms. The first-order valence-corrected chi connectivity index (χ1v) is 5.26. The molecule has 0 atom stereocenters. The summed E-state index contributed by atoms with van der Waals surface area (Å²) >= 11 is 5.99. The van der Waals surface area contributed by atoms with Gasteiger partial charge in [0.15, 0.2) is 5.71 Å². The maximum Gasteiger partial charge on any atom is 0.352 e. The molecule has 1 aromatic rings. The van der Waals surface area contributed by atoms with E-state index in [2.05, 4.69) is 5.10 Å². The van der Waals surface area contributed by atoms with Crippen LogP contribution in [0.3, 0.4) is 0 Å². The van der Waals surface area contributed by atoms with Crippen LogP contribution in [0.5, 0.6) is 0 Å². The van der Waals surface area contributed by atoms with E-state index in [0.717, 1.165) is 10.6 Å². The van der Waals surface area contributed by atoms with Gasteiger partial charge < -0.3 is 5.11 Å². The molecular weight excluding hydrogens is 244 g/mol. The highest BCUT2D eigenvalue weighted by Crippen LogP contribution is 2.29. The number of benzene rings is 1. The van der Waals surface area contributed by atoms with Crippen molar-refractivity contribution < 1.29 is 14.7 Å². The minimum atomic E-state index is -1.19. The Morgan fingerprint density at radius 2 is 2.24 bits per heavy atom. The zero-order chi connectivity index (χ0) is 12.6. The van der Waals surface area contributed by atoms with Crippen LogP contribution in [0, 0.1) is 6.92 Å². The number of amides is 1. The largest absolute Gasteiger partial charge is 0.477 e. The highest BCUT2D eigenvalue weighted by Gasteiger charge is 2.30. The first-order chi connectivity index (χ1) is 7.99. The van der Waals surface area contributed by atoms with Gasteiger partial charge in [-0.15, -0.1) is 0 Å². The third-order valence-electron chi connectivity index (χ3n) is 2.35. The first kappa shape index (κ1) is 11.6. The molecular formula is C11H9ClN2O3. The molecule has 0 spiro atoms. The minimum absolute atomic E-state index is 0.174. The molecule has 17 heavy (non-hydrogen) atoms. The third-order valence-corrected chi connectivity index (χ3v) is 2.66. The molecule has 0 unspecified atom stereocenters. The smallest absolute Gasteiger partial charge is 0.352 e. The van der Waals surface area contributed by atoms with Crippen LogP contribution in [0.25, 0.3) is 0 Å². The Balaban J connectivity index is 2.40. The summed E-state index contributed by atoms with van der Waals surface area (Å²) in [5, 5.41) is 13.9. The van der Waals surface area contributed by atoms with Gasteiger partial charge in [-0.2, -0.15) is 10.1 Å². The number of carbonyl (C=O) groups is 2. The van der Waals surface area contributed by atoms with Gasteiger partial charge >= 0.3 is 5.97 Å². The summed E-state index contributed by atoms with van der Waals surface area (Å²) in [5.41, 5.74) is 1.18. The number of hydrogen-bond donors (Lipinski definition) is 1. The molecule has 1 heterocycles. The predicted octanol–water partition coefficient (Wildman–Crippen LogP) is 1.83. The predicted molar refractivity (Wildman–Crippen MR) is 63.4 cm³/mol. The van der Waals surface area contributed by atoms with Gasteiger partial charge in [0.25, 0.3) is 5.91 Å². The molecule has 88 valence electrons. The van der Waals surface area contributed by atoms with Crippen LogP contribution in [0.15, 0.2) is 23.3 Å². The molecule has 5 nitrogen and oxygen atoms in total. The second kappa shape index (κ2) is 4.18. The van der Waals surface area contributed by atoms with Gasteiger partial charge in [0.2, 0.25) is 0 Å². The maximum atomic E-state index is 11.6. The SMILES string of the molecule is Cc1ccc(N2N=C(C(=O)O)CC2=O)c(Cl)c1. The van der Waals surface area contributed by atoms with Gasteiger partial charge in [0, 0.05) is 0 Å². The zero-order valence-electron chi connectivity index (χ0n) is 8.98. The molecule has 1 N–H and O–H groups in total. The average molecular weight is 253 g/mol. The molecule has 0 aromatic heterocycles. The summed E-state index contributed by atoms with van der Waals surface area (Å²) in [6.45, 7) is 1.87. The van der Waals surface area contributed by atoms with E-state index < -0.39 is 11.9 Å². The van der Waals surface area contributed by atoms with Crippen molar-refractivity contribution in [3.8, 4) is 0 Å². The van der Waals surface area contributed by atoms with Crippen molar-refractivity contribution in [3.05, 3.63) is 28.8 Å². The van der Waals surface area contributed by atoms with E-state index >= 15 is 0 Å². The number of aliphatic carboxylic acids is 1. The van der Waals surface area contributed by atoms with Crippen molar-refractivity contribution >= 4 is 34.9 Å². The van der Waals surface area contributed by atoms with Gasteiger partial charge in [-0.05, 0) is 24.6 Å². The number of hydrazone groups is 1. The lowest BCUT2D eigenvalue weighted by Crippen LogP contribution is -2.20. The van der Waals surface area contributed by atoms with E-state index in [1.807, 2.05) is 6.92 Å². The Bertz CT molecular complexity index is 540. The second-order valence-corrected chi connectivity index (χ2v) is 4.10. The van der Waals surface area contributed by atoms with E-state index in [0.29, 0.717) is 10.7 Å². The fraction of sp³-hybridized carbons (Fsp3) is 0.182. The summed E-state index contributed by atoms with van der Waals surface area (Å²) in [6.07, 6.45) is -0.209. The lowest BCUT2D eigenvalue weighted by atomic mass is 10.2. The number of aryl methyl sites for hydroxylation is 1. The fourth-order valence-electron chi connectivity index (χ4n) is 1.52. The Kier molecular flexibility index (Phi) is 2.85. The monoisotopic (exact) mass is 252 g/mol. The molecule has 0 aliphatic carbocycles. The van der Waals surface area contributed by atoms with Crippen LogP contribution in [0.4, 0.5) is 5.69 Å². The van der Waals surface area contributed by atoms with E-state index in [-0.39, 0.29) is 12.1 Å². The summed E-state index contributed by atoms with van der Waals surface area (Å²) < 4.78 is 0. The summed E-state index contributed by atoms with van der Waals surface area (Å²) in [6, 6.07) is 5.12. The third kappa shape index (κ3) is 2.14. The van der Waals surface area contributed by atoms with Gasteiger partial charge in [-0.1, -0.05) is 17.7 Å². The van der Waals surface area contributed by atoms with Crippen LogP contribution >= 0.6 is 11.6 Å².